The van der Waals surface area contributed by atoms with Crippen LogP contribution in [0.1, 0.15) is 16.7 Å². The van der Waals surface area contributed by atoms with Crippen LogP contribution in [0.3, 0.4) is 0 Å². The zero-order valence-corrected chi connectivity index (χ0v) is 14.1. The minimum absolute atomic E-state index is 0.0528. The van der Waals surface area contributed by atoms with Crippen LogP contribution in [0.15, 0.2) is 60.8 Å². The highest BCUT2D eigenvalue weighted by molar-refractivity contribution is 5.83. The molecular formula is C20H13F6NO. The highest BCUT2D eigenvalue weighted by Gasteiger charge is 2.32. The van der Waals surface area contributed by atoms with Gasteiger partial charge in [-0.15, -0.1) is 0 Å². The van der Waals surface area contributed by atoms with E-state index in [0.29, 0.717) is 0 Å². The maximum absolute atomic E-state index is 13.1. The summed E-state index contributed by atoms with van der Waals surface area (Å²) in [6.45, 7) is -0.514. The van der Waals surface area contributed by atoms with Gasteiger partial charge in [0.15, 0.2) is 0 Å². The Balaban J connectivity index is 2.24. The minimum atomic E-state index is -4.59. The van der Waals surface area contributed by atoms with Crippen molar-refractivity contribution in [3.8, 4) is 22.4 Å². The number of aliphatic hydroxyl groups is 1. The monoisotopic (exact) mass is 397 g/mol. The van der Waals surface area contributed by atoms with Crippen LogP contribution < -0.4 is 0 Å². The van der Waals surface area contributed by atoms with Gasteiger partial charge in [-0.3, -0.25) is 4.98 Å². The normalized spacial score (nSPS) is 12.2. The standard InChI is InChI=1S/C20H13F6NO/c21-19(22,23)15-5-1-3-12(9-15)17-14(11-28)7-8-27-18(17)13-4-2-6-16(10-13)20(24,25)26/h1-10,28H,11H2. The van der Waals surface area contributed by atoms with Crippen molar-refractivity contribution < 1.29 is 31.4 Å². The van der Waals surface area contributed by atoms with E-state index in [1.165, 1.54) is 36.5 Å². The highest BCUT2D eigenvalue weighted by Crippen LogP contribution is 2.38. The molecule has 0 saturated carbocycles. The zero-order valence-electron chi connectivity index (χ0n) is 14.1. The van der Waals surface area contributed by atoms with Gasteiger partial charge < -0.3 is 5.11 Å². The van der Waals surface area contributed by atoms with Crippen molar-refractivity contribution >= 4 is 0 Å². The first kappa shape index (κ1) is 19.9. The van der Waals surface area contributed by atoms with Crippen molar-refractivity contribution in [1.82, 2.24) is 4.98 Å². The Morgan fingerprint density at radius 3 is 1.82 bits per heavy atom. The van der Waals surface area contributed by atoms with Crippen LogP contribution in [0.2, 0.25) is 0 Å². The van der Waals surface area contributed by atoms with E-state index < -0.39 is 30.1 Å². The van der Waals surface area contributed by atoms with Gasteiger partial charge in [0.25, 0.3) is 0 Å². The molecule has 3 rings (SSSR count). The van der Waals surface area contributed by atoms with Crippen LogP contribution in [-0.4, -0.2) is 10.1 Å². The number of benzene rings is 2. The summed E-state index contributed by atoms with van der Waals surface area (Å²) in [5.74, 6) is 0. The van der Waals surface area contributed by atoms with E-state index >= 15 is 0 Å². The summed E-state index contributed by atoms with van der Waals surface area (Å²) in [5.41, 5.74) is -1.19. The maximum atomic E-state index is 13.1. The van der Waals surface area contributed by atoms with Crippen molar-refractivity contribution in [2.45, 2.75) is 19.0 Å². The lowest BCUT2D eigenvalue weighted by atomic mass is 9.93. The van der Waals surface area contributed by atoms with E-state index in [1.807, 2.05) is 0 Å². The molecule has 1 N–H and O–H groups in total. The number of hydrogen-bond donors (Lipinski definition) is 1. The molecule has 0 aliphatic heterocycles. The molecule has 0 spiro atoms. The van der Waals surface area contributed by atoms with E-state index in [4.69, 9.17) is 0 Å². The molecule has 0 saturated heterocycles. The van der Waals surface area contributed by atoms with Crippen molar-refractivity contribution in [2.75, 3.05) is 0 Å². The molecule has 0 fully saturated rings. The van der Waals surface area contributed by atoms with Gasteiger partial charge >= 0.3 is 12.4 Å². The Morgan fingerprint density at radius 1 is 0.750 bits per heavy atom. The lowest BCUT2D eigenvalue weighted by molar-refractivity contribution is -0.138. The van der Waals surface area contributed by atoms with Crippen LogP contribution in [0, 0.1) is 0 Å². The van der Waals surface area contributed by atoms with Gasteiger partial charge in [-0.25, -0.2) is 0 Å². The molecule has 2 nitrogen and oxygen atoms in total. The SMILES string of the molecule is OCc1ccnc(-c2cccc(C(F)(F)F)c2)c1-c1cccc(C(F)(F)F)c1. The number of aromatic nitrogens is 1. The molecule has 0 radical (unpaired) electrons. The largest absolute Gasteiger partial charge is 0.416 e. The Bertz CT molecular complexity index is 994. The predicted molar refractivity (Wildman–Crippen MR) is 91.0 cm³/mol. The second-order valence-electron chi connectivity index (χ2n) is 6.01. The number of rotatable bonds is 3. The molecule has 0 atom stereocenters. The van der Waals surface area contributed by atoms with E-state index in [0.717, 1.165) is 24.3 Å². The molecule has 0 aliphatic rings. The second kappa shape index (κ2) is 7.27. The van der Waals surface area contributed by atoms with Gasteiger partial charge in [0.05, 0.1) is 23.4 Å². The third-order valence-electron chi connectivity index (χ3n) is 4.15. The van der Waals surface area contributed by atoms with Crippen molar-refractivity contribution in [3.05, 3.63) is 77.5 Å². The van der Waals surface area contributed by atoms with E-state index in [1.54, 1.807) is 0 Å². The summed E-state index contributed by atoms with van der Waals surface area (Å²) in [6.07, 6.45) is -7.88. The fourth-order valence-electron chi connectivity index (χ4n) is 2.87. The Labute approximate surface area is 156 Å². The first-order valence-electron chi connectivity index (χ1n) is 8.05. The number of hydrogen-bond acceptors (Lipinski definition) is 2. The quantitative estimate of drug-likeness (QED) is 0.555. The summed E-state index contributed by atoms with van der Waals surface area (Å²) in [6, 6.07) is 10.1. The first-order chi connectivity index (χ1) is 13.1. The smallest absolute Gasteiger partial charge is 0.392 e. The zero-order chi connectivity index (χ0) is 20.5. The molecule has 0 aliphatic carbocycles. The van der Waals surface area contributed by atoms with Gasteiger partial charge in [0, 0.05) is 17.3 Å². The predicted octanol–water partition coefficient (Wildman–Crippen LogP) is 5.95. The third-order valence-corrected chi connectivity index (χ3v) is 4.15. The van der Waals surface area contributed by atoms with Gasteiger partial charge in [-0.2, -0.15) is 26.3 Å². The van der Waals surface area contributed by atoms with E-state index in [2.05, 4.69) is 4.98 Å². The summed E-state index contributed by atoms with van der Waals surface area (Å²) in [5, 5.41) is 9.63. The molecule has 2 aromatic carbocycles. The number of pyridine rings is 1. The van der Waals surface area contributed by atoms with Crippen molar-refractivity contribution in [2.24, 2.45) is 0 Å². The molecule has 0 unspecified atom stereocenters. The lowest BCUT2D eigenvalue weighted by Crippen LogP contribution is -2.06. The van der Waals surface area contributed by atoms with Gasteiger partial charge in [-0.1, -0.05) is 24.3 Å². The third kappa shape index (κ3) is 4.01. The van der Waals surface area contributed by atoms with Crippen LogP contribution in [0.25, 0.3) is 22.4 Å². The number of halogens is 6. The molecule has 1 aromatic heterocycles. The summed E-state index contributed by atoms with van der Waals surface area (Å²) >= 11 is 0. The summed E-state index contributed by atoms with van der Waals surface area (Å²) in [4.78, 5) is 4.09. The van der Waals surface area contributed by atoms with E-state index in [-0.39, 0.29) is 27.9 Å². The van der Waals surface area contributed by atoms with Gasteiger partial charge in [-0.05, 0) is 41.5 Å². The molecule has 28 heavy (non-hydrogen) atoms. The Hall–Kier alpha value is -2.87. The van der Waals surface area contributed by atoms with Crippen molar-refractivity contribution in [1.29, 1.82) is 0 Å². The van der Waals surface area contributed by atoms with Gasteiger partial charge in [0.2, 0.25) is 0 Å². The summed E-state index contributed by atoms with van der Waals surface area (Å²) in [7, 11) is 0. The highest BCUT2D eigenvalue weighted by atomic mass is 19.4. The molecule has 0 amide bonds. The molecule has 3 aromatic rings. The second-order valence-corrected chi connectivity index (χ2v) is 6.01. The average molecular weight is 397 g/mol. The average Bonchev–Trinajstić information content (AvgIpc) is 2.66. The molecular weight excluding hydrogens is 384 g/mol. The first-order valence-corrected chi connectivity index (χ1v) is 8.05. The maximum Gasteiger partial charge on any atom is 0.416 e. The fraction of sp³-hybridized carbons (Fsp3) is 0.150. The number of nitrogens with zero attached hydrogens (tertiary/aromatic N) is 1. The van der Waals surface area contributed by atoms with Crippen LogP contribution in [0.4, 0.5) is 26.3 Å². The van der Waals surface area contributed by atoms with Gasteiger partial charge in [0.1, 0.15) is 0 Å². The number of alkyl halides is 6. The van der Waals surface area contributed by atoms with Crippen LogP contribution in [-0.2, 0) is 19.0 Å². The molecule has 146 valence electrons. The number of aliphatic hydroxyl groups excluding tert-OH is 1. The lowest BCUT2D eigenvalue weighted by Gasteiger charge is -2.16. The summed E-state index contributed by atoms with van der Waals surface area (Å²) < 4.78 is 78.4. The Kier molecular flexibility index (Phi) is 5.16. The van der Waals surface area contributed by atoms with E-state index in [9.17, 15) is 31.4 Å². The Morgan fingerprint density at radius 2 is 1.29 bits per heavy atom. The molecule has 8 heteroatoms. The topological polar surface area (TPSA) is 33.1 Å². The molecule has 1 heterocycles. The van der Waals surface area contributed by atoms with Crippen LogP contribution >= 0.6 is 0 Å². The minimum Gasteiger partial charge on any atom is -0.392 e. The fourth-order valence-corrected chi connectivity index (χ4v) is 2.87. The van der Waals surface area contributed by atoms with Crippen molar-refractivity contribution in [3.63, 3.8) is 0 Å². The van der Waals surface area contributed by atoms with Crippen LogP contribution in [0.5, 0.6) is 0 Å². The molecule has 0 bridgehead atoms.